The van der Waals surface area contributed by atoms with Crippen LogP contribution >= 0.6 is 15.9 Å². The van der Waals surface area contributed by atoms with E-state index in [1.165, 1.54) is 0 Å². The molecule has 2 N–H and O–H groups in total. The lowest BCUT2D eigenvalue weighted by molar-refractivity contribution is 0.198. The maximum absolute atomic E-state index is 9.31. The number of hydrogen-bond donors (Lipinski definition) is 2. The molecule has 12 heavy (non-hydrogen) atoms. The van der Waals surface area contributed by atoms with E-state index >= 15 is 0 Å². The van der Waals surface area contributed by atoms with E-state index < -0.39 is 6.10 Å². The highest BCUT2D eigenvalue weighted by atomic mass is 79.9. The fourth-order valence-corrected chi connectivity index (χ4v) is 1.59. The number of aliphatic hydroxyl groups excluding tert-OH is 2. The Labute approximate surface area is 80.0 Å². The lowest BCUT2D eigenvalue weighted by Crippen LogP contribution is -1.94. The van der Waals surface area contributed by atoms with Gasteiger partial charge >= 0.3 is 0 Å². The fraction of sp³-hybridized carbons (Fsp3) is 0.333. The first kappa shape index (κ1) is 9.71. The van der Waals surface area contributed by atoms with Gasteiger partial charge in [0.05, 0.1) is 12.7 Å². The number of rotatable bonds is 2. The van der Waals surface area contributed by atoms with Crippen molar-refractivity contribution in [2.24, 2.45) is 0 Å². The summed E-state index contributed by atoms with van der Waals surface area (Å²) in [6, 6.07) is 5.43. The molecule has 0 radical (unpaired) electrons. The van der Waals surface area contributed by atoms with Crippen LogP contribution in [0.4, 0.5) is 0 Å². The van der Waals surface area contributed by atoms with Gasteiger partial charge in [0.15, 0.2) is 0 Å². The van der Waals surface area contributed by atoms with E-state index in [0.717, 1.165) is 15.6 Å². The molecule has 3 heteroatoms. The van der Waals surface area contributed by atoms with E-state index in [1.807, 2.05) is 12.1 Å². The predicted octanol–water partition coefficient (Wildman–Crippen LogP) is 1.99. The minimum absolute atomic E-state index is 0.00694. The van der Waals surface area contributed by atoms with E-state index in [-0.39, 0.29) is 6.61 Å². The van der Waals surface area contributed by atoms with Crippen molar-refractivity contribution in [2.75, 3.05) is 0 Å². The van der Waals surface area contributed by atoms with Crippen molar-refractivity contribution in [3.8, 4) is 0 Å². The molecule has 1 unspecified atom stereocenters. The summed E-state index contributed by atoms with van der Waals surface area (Å²) in [7, 11) is 0. The second-order valence-corrected chi connectivity index (χ2v) is 3.54. The quantitative estimate of drug-likeness (QED) is 0.817. The SMILES string of the molecule is CC(O)c1cc(CO)ccc1Br. The van der Waals surface area contributed by atoms with Crippen LogP contribution in [0, 0.1) is 0 Å². The monoisotopic (exact) mass is 230 g/mol. The first-order chi connectivity index (χ1) is 5.65. The average molecular weight is 231 g/mol. The highest BCUT2D eigenvalue weighted by molar-refractivity contribution is 9.10. The fourth-order valence-electron chi connectivity index (χ4n) is 1.01. The minimum atomic E-state index is -0.508. The van der Waals surface area contributed by atoms with Gasteiger partial charge in [0.1, 0.15) is 0 Å². The van der Waals surface area contributed by atoms with Crippen molar-refractivity contribution in [1.82, 2.24) is 0 Å². The summed E-state index contributed by atoms with van der Waals surface area (Å²) >= 11 is 3.32. The molecular weight excluding hydrogens is 220 g/mol. The number of aliphatic hydroxyl groups is 2. The summed E-state index contributed by atoms with van der Waals surface area (Å²) in [5, 5.41) is 18.2. The largest absolute Gasteiger partial charge is 0.392 e. The number of hydrogen-bond acceptors (Lipinski definition) is 2. The van der Waals surface area contributed by atoms with Crippen molar-refractivity contribution in [3.63, 3.8) is 0 Å². The zero-order chi connectivity index (χ0) is 9.14. The molecule has 0 spiro atoms. The van der Waals surface area contributed by atoms with Crippen LogP contribution in [0.3, 0.4) is 0 Å². The Morgan fingerprint density at radius 1 is 1.50 bits per heavy atom. The Morgan fingerprint density at radius 2 is 2.17 bits per heavy atom. The molecule has 0 saturated heterocycles. The molecule has 2 nitrogen and oxygen atoms in total. The highest BCUT2D eigenvalue weighted by Crippen LogP contribution is 2.24. The summed E-state index contributed by atoms with van der Waals surface area (Å²) in [4.78, 5) is 0. The maximum Gasteiger partial charge on any atom is 0.0772 e. The Bertz CT molecular complexity index is 271. The Balaban J connectivity index is 3.08. The van der Waals surface area contributed by atoms with Crippen LogP contribution in [0.2, 0.25) is 0 Å². The van der Waals surface area contributed by atoms with Crippen LogP contribution < -0.4 is 0 Å². The van der Waals surface area contributed by atoms with Crippen LogP contribution in [0.15, 0.2) is 22.7 Å². The maximum atomic E-state index is 9.31. The molecule has 0 heterocycles. The van der Waals surface area contributed by atoms with Gasteiger partial charge in [-0.2, -0.15) is 0 Å². The first-order valence-corrected chi connectivity index (χ1v) is 4.51. The zero-order valence-corrected chi connectivity index (χ0v) is 8.37. The molecule has 1 aromatic rings. The van der Waals surface area contributed by atoms with Crippen LogP contribution in [0.25, 0.3) is 0 Å². The van der Waals surface area contributed by atoms with Crippen LogP contribution in [-0.2, 0) is 6.61 Å². The molecule has 0 aliphatic heterocycles. The summed E-state index contributed by atoms with van der Waals surface area (Å²) < 4.78 is 0.870. The second-order valence-electron chi connectivity index (χ2n) is 2.69. The number of benzene rings is 1. The predicted molar refractivity (Wildman–Crippen MR) is 50.7 cm³/mol. The van der Waals surface area contributed by atoms with Crippen LogP contribution in [0.1, 0.15) is 24.2 Å². The molecule has 0 bridgehead atoms. The second kappa shape index (κ2) is 4.03. The van der Waals surface area contributed by atoms with Crippen LogP contribution in [-0.4, -0.2) is 10.2 Å². The zero-order valence-electron chi connectivity index (χ0n) is 6.79. The van der Waals surface area contributed by atoms with Crippen LogP contribution in [0.5, 0.6) is 0 Å². The summed E-state index contributed by atoms with van der Waals surface area (Å²) in [6.07, 6.45) is -0.508. The Hall–Kier alpha value is -0.380. The third-order valence-corrected chi connectivity index (χ3v) is 2.42. The first-order valence-electron chi connectivity index (χ1n) is 3.72. The summed E-state index contributed by atoms with van der Waals surface area (Å²) in [6.45, 7) is 1.70. The molecule has 0 saturated carbocycles. The van der Waals surface area contributed by atoms with Crippen molar-refractivity contribution in [2.45, 2.75) is 19.6 Å². The molecule has 66 valence electrons. The van der Waals surface area contributed by atoms with E-state index in [9.17, 15) is 5.11 Å². The lowest BCUT2D eigenvalue weighted by Gasteiger charge is -2.08. The van der Waals surface area contributed by atoms with E-state index in [0.29, 0.717) is 0 Å². The standard InChI is InChI=1S/C9H11BrO2/c1-6(12)8-4-7(5-11)2-3-9(8)10/h2-4,6,11-12H,5H2,1H3. The normalized spacial score (nSPS) is 13.0. The van der Waals surface area contributed by atoms with Gasteiger partial charge in [-0.05, 0) is 30.2 Å². The molecule has 1 rings (SSSR count). The van der Waals surface area contributed by atoms with Gasteiger partial charge in [0, 0.05) is 4.47 Å². The van der Waals surface area contributed by atoms with Gasteiger partial charge in [-0.15, -0.1) is 0 Å². The molecular formula is C9H11BrO2. The molecule has 0 amide bonds. The van der Waals surface area contributed by atoms with E-state index in [2.05, 4.69) is 15.9 Å². The molecule has 1 aromatic carbocycles. The lowest BCUT2D eigenvalue weighted by atomic mass is 10.1. The highest BCUT2D eigenvalue weighted by Gasteiger charge is 2.05. The molecule has 0 aromatic heterocycles. The molecule has 0 aliphatic carbocycles. The van der Waals surface area contributed by atoms with Crippen molar-refractivity contribution < 1.29 is 10.2 Å². The third-order valence-electron chi connectivity index (χ3n) is 1.69. The Morgan fingerprint density at radius 3 is 2.67 bits per heavy atom. The van der Waals surface area contributed by atoms with E-state index in [1.54, 1.807) is 13.0 Å². The topological polar surface area (TPSA) is 40.5 Å². The molecule has 0 fully saturated rings. The molecule has 0 aliphatic rings. The molecule has 1 atom stereocenters. The van der Waals surface area contributed by atoms with E-state index in [4.69, 9.17) is 5.11 Å². The summed E-state index contributed by atoms with van der Waals surface area (Å²) in [5.74, 6) is 0. The van der Waals surface area contributed by atoms with Gasteiger partial charge in [0.25, 0.3) is 0 Å². The summed E-state index contributed by atoms with van der Waals surface area (Å²) in [5.41, 5.74) is 1.62. The van der Waals surface area contributed by atoms with Crippen molar-refractivity contribution in [3.05, 3.63) is 33.8 Å². The minimum Gasteiger partial charge on any atom is -0.392 e. The Kier molecular flexibility index (Phi) is 3.26. The van der Waals surface area contributed by atoms with Gasteiger partial charge in [-0.3, -0.25) is 0 Å². The third kappa shape index (κ3) is 2.06. The van der Waals surface area contributed by atoms with Crippen molar-refractivity contribution >= 4 is 15.9 Å². The van der Waals surface area contributed by atoms with Crippen molar-refractivity contribution in [1.29, 1.82) is 0 Å². The smallest absolute Gasteiger partial charge is 0.0772 e. The average Bonchev–Trinajstić information content (AvgIpc) is 2.05. The van der Waals surface area contributed by atoms with Gasteiger partial charge < -0.3 is 10.2 Å². The van der Waals surface area contributed by atoms with Gasteiger partial charge in [0.2, 0.25) is 0 Å². The number of halogens is 1. The van der Waals surface area contributed by atoms with Gasteiger partial charge in [-0.25, -0.2) is 0 Å². The van der Waals surface area contributed by atoms with Gasteiger partial charge in [-0.1, -0.05) is 22.0 Å².